The van der Waals surface area contributed by atoms with E-state index in [1.165, 1.54) is 13.8 Å². The van der Waals surface area contributed by atoms with Crippen LogP contribution in [0.15, 0.2) is 35.4 Å². The molecular formula is C15H18N2O4. The summed E-state index contributed by atoms with van der Waals surface area (Å²) in [5, 5.41) is 13.4. The molecule has 21 heavy (non-hydrogen) atoms. The normalized spacial score (nSPS) is 11.4. The number of anilines is 1. The molecule has 0 aliphatic carbocycles. The van der Waals surface area contributed by atoms with Crippen LogP contribution >= 0.6 is 0 Å². The van der Waals surface area contributed by atoms with Crippen LogP contribution in [0, 0.1) is 0 Å². The van der Waals surface area contributed by atoms with E-state index >= 15 is 0 Å². The Kier molecular flexibility index (Phi) is 5.66. The highest BCUT2D eigenvalue weighted by Gasteiger charge is 2.15. The van der Waals surface area contributed by atoms with Gasteiger partial charge in [-0.05, 0) is 38.0 Å². The number of rotatable bonds is 4. The van der Waals surface area contributed by atoms with Crippen LogP contribution in [0.4, 0.5) is 10.5 Å². The Morgan fingerprint density at radius 1 is 1.14 bits per heavy atom. The molecule has 0 aliphatic heterocycles. The average Bonchev–Trinajstić information content (AvgIpc) is 2.45. The standard InChI is InChI=1S/C15H18N2O4/c1-4-11-6-5-7-12(8-11)16-15(21)17-13(18)9(2)10(3)14(19)20/h5-8H,4H2,1-3H3,(H,19,20)(H2,16,17,18,21). The Hall–Kier alpha value is -2.63. The number of carboxylic acids is 1. The minimum atomic E-state index is -1.20. The molecule has 1 aromatic rings. The van der Waals surface area contributed by atoms with Gasteiger partial charge in [-0.15, -0.1) is 0 Å². The van der Waals surface area contributed by atoms with Gasteiger partial charge in [-0.1, -0.05) is 19.1 Å². The first-order chi connectivity index (χ1) is 9.85. The lowest BCUT2D eigenvalue weighted by atomic mass is 10.1. The van der Waals surface area contributed by atoms with Gasteiger partial charge in [-0.25, -0.2) is 9.59 Å². The molecule has 0 aromatic heterocycles. The second-order valence-electron chi connectivity index (χ2n) is 4.52. The fourth-order valence-corrected chi connectivity index (χ4v) is 1.56. The molecular weight excluding hydrogens is 272 g/mol. The minimum absolute atomic E-state index is 0.0139. The molecule has 3 amide bonds. The zero-order chi connectivity index (χ0) is 16.0. The molecule has 0 bridgehead atoms. The highest BCUT2D eigenvalue weighted by molar-refractivity contribution is 6.10. The number of nitrogens with one attached hydrogen (secondary N) is 2. The third-order valence-electron chi connectivity index (χ3n) is 3.04. The van der Waals surface area contributed by atoms with Crippen molar-refractivity contribution in [1.82, 2.24) is 5.32 Å². The van der Waals surface area contributed by atoms with Gasteiger partial charge in [0, 0.05) is 16.8 Å². The molecule has 0 fully saturated rings. The third kappa shape index (κ3) is 4.76. The maximum Gasteiger partial charge on any atom is 0.331 e. The van der Waals surface area contributed by atoms with Crippen molar-refractivity contribution in [2.24, 2.45) is 0 Å². The summed E-state index contributed by atoms with van der Waals surface area (Å²) in [5.74, 6) is -1.93. The Morgan fingerprint density at radius 3 is 2.38 bits per heavy atom. The summed E-state index contributed by atoms with van der Waals surface area (Å²) >= 11 is 0. The first kappa shape index (κ1) is 16.4. The Morgan fingerprint density at radius 2 is 1.81 bits per heavy atom. The molecule has 1 rings (SSSR count). The summed E-state index contributed by atoms with van der Waals surface area (Å²) in [6.45, 7) is 4.65. The smallest absolute Gasteiger partial charge is 0.331 e. The molecule has 0 atom stereocenters. The van der Waals surface area contributed by atoms with E-state index < -0.39 is 17.9 Å². The Labute approximate surface area is 122 Å². The molecule has 0 radical (unpaired) electrons. The van der Waals surface area contributed by atoms with Gasteiger partial charge in [0.2, 0.25) is 0 Å². The van der Waals surface area contributed by atoms with Crippen LogP contribution in [-0.4, -0.2) is 23.0 Å². The van der Waals surface area contributed by atoms with Crippen molar-refractivity contribution in [2.75, 3.05) is 5.32 Å². The number of hydrogen-bond donors (Lipinski definition) is 3. The topological polar surface area (TPSA) is 95.5 Å². The monoisotopic (exact) mass is 290 g/mol. The number of hydrogen-bond acceptors (Lipinski definition) is 3. The SMILES string of the molecule is CCc1cccc(NC(=O)NC(=O)C(C)=C(C)C(=O)O)c1. The predicted octanol–water partition coefficient (Wildman–Crippen LogP) is 2.32. The zero-order valence-electron chi connectivity index (χ0n) is 12.2. The van der Waals surface area contributed by atoms with Gasteiger partial charge < -0.3 is 10.4 Å². The Balaban J connectivity index is 2.71. The summed E-state index contributed by atoms with van der Waals surface area (Å²) in [7, 11) is 0. The Bertz CT molecular complexity index is 605. The first-order valence-electron chi connectivity index (χ1n) is 6.47. The maximum absolute atomic E-state index is 11.7. The maximum atomic E-state index is 11.7. The number of urea groups is 1. The van der Waals surface area contributed by atoms with Crippen LogP contribution < -0.4 is 10.6 Å². The molecule has 0 unspecified atom stereocenters. The fourth-order valence-electron chi connectivity index (χ4n) is 1.56. The summed E-state index contributed by atoms with van der Waals surface area (Å²) in [6.07, 6.45) is 0.829. The van der Waals surface area contributed by atoms with Gasteiger partial charge in [0.05, 0.1) is 0 Å². The number of imide groups is 1. The molecule has 112 valence electrons. The van der Waals surface area contributed by atoms with Crippen molar-refractivity contribution in [3.63, 3.8) is 0 Å². The molecule has 3 N–H and O–H groups in total. The lowest BCUT2D eigenvalue weighted by molar-refractivity contribution is -0.133. The highest BCUT2D eigenvalue weighted by atomic mass is 16.4. The largest absolute Gasteiger partial charge is 0.478 e. The van der Waals surface area contributed by atoms with E-state index in [0.717, 1.165) is 12.0 Å². The first-order valence-corrected chi connectivity index (χ1v) is 6.47. The lowest BCUT2D eigenvalue weighted by Crippen LogP contribution is -2.35. The number of carbonyl (C=O) groups is 3. The molecule has 6 heteroatoms. The van der Waals surface area contributed by atoms with Crippen LogP contribution in [0.1, 0.15) is 26.3 Å². The minimum Gasteiger partial charge on any atom is -0.478 e. The van der Waals surface area contributed by atoms with Crippen LogP contribution in [0.5, 0.6) is 0 Å². The van der Waals surface area contributed by atoms with Crippen molar-refractivity contribution in [3.05, 3.63) is 41.0 Å². The second-order valence-corrected chi connectivity index (χ2v) is 4.52. The molecule has 0 spiro atoms. The van der Waals surface area contributed by atoms with Crippen molar-refractivity contribution in [3.8, 4) is 0 Å². The number of carbonyl (C=O) groups excluding carboxylic acids is 2. The molecule has 0 saturated carbocycles. The van der Waals surface area contributed by atoms with Crippen LogP contribution in [-0.2, 0) is 16.0 Å². The number of carboxylic acid groups (broad SMARTS) is 1. The third-order valence-corrected chi connectivity index (χ3v) is 3.04. The van der Waals surface area contributed by atoms with E-state index in [4.69, 9.17) is 5.11 Å². The van der Waals surface area contributed by atoms with Gasteiger partial charge in [0.25, 0.3) is 5.91 Å². The zero-order valence-corrected chi connectivity index (χ0v) is 12.2. The fraction of sp³-hybridized carbons (Fsp3) is 0.267. The number of aliphatic carboxylic acids is 1. The summed E-state index contributed by atoms with van der Waals surface area (Å²) < 4.78 is 0. The molecule has 0 aliphatic rings. The lowest BCUT2D eigenvalue weighted by Gasteiger charge is -2.08. The number of amides is 3. The van der Waals surface area contributed by atoms with E-state index in [9.17, 15) is 14.4 Å². The summed E-state index contributed by atoms with van der Waals surface area (Å²) in [4.78, 5) is 34.2. The number of benzene rings is 1. The summed E-state index contributed by atoms with van der Waals surface area (Å²) in [6, 6.07) is 6.53. The van der Waals surface area contributed by atoms with Gasteiger partial charge in [-0.3, -0.25) is 10.1 Å². The van der Waals surface area contributed by atoms with Crippen molar-refractivity contribution in [1.29, 1.82) is 0 Å². The van der Waals surface area contributed by atoms with Gasteiger partial charge >= 0.3 is 12.0 Å². The van der Waals surface area contributed by atoms with E-state index in [2.05, 4.69) is 10.6 Å². The average molecular weight is 290 g/mol. The van der Waals surface area contributed by atoms with Crippen LogP contribution in [0.2, 0.25) is 0 Å². The van der Waals surface area contributed by atoms with Crippen LogP contribution in [0.25, 0.3) is 0 Å². The van der Waals surface area contributed by atoms with Gasteiger partial charge in [0.15, 0.2) is 0 Å². The van der Waals surface area contributed by atoms with Crippen molar-refractivity contribution in [2.45, 2.75) is 27.2 Å². The molecule has 1 aromatic carbocycles. The van der Waals surface area contributed by atoms with Crippen molar-refractivity contribution < 1.29 is 19.5 Å². The van der Waals surface area contributed by atoms with E-state index in [-0.39, 0.29) is 11.1 Å². The predicted molar refractivity (Wildman–Crippen MR) is 79.0 cm³/mol. The van der Waals surface area contributed by atoms with Crippen molar-refractivity contribution >= 4 is 23.6 Å². The highest BCUT2D eigenvalue weighted by Crippen LogP contribution is 2.11. The summed E-state index contributed by atoms with van der Waals surface area (Å²) in [5.41, 5.74) is 1.50. The van der Waals surface area contributed by atoms with Gasteiger partial charge in [-0.2, -0.15) is 0 Å². The second kappa shape index (κ2) is 7.23. The van der Waals surface area contributed by atoms with E-state index in [0.29, 0.717) is 5.69 Å². The van der Waals surface area contributed by atoms with E-state index in [1.807, 2.05) is 13.0 Å². The van der Waals surface area contributed by atoms with E-state index in [1.54, 1.807) is 18.2 Å². The molecule has 0 saturated heterocycles. The van der Waals surface area contributed by atoms with Gasteiger partial charge in [0.1, 0.15) is 0 Å². The quantitative estimate of drug-likeness (QED) is 0.741. The number of aryl methyl sites for hydroxylation is 1. The molecule has 6 nitrogen and oxygen atoms in total. The van der Waals surface area contributed by atoms with Crippen LogP contribution in [0.3, 0.4) is 0 Å². The molecule has 0 heterocycles.